The third kappa shape index (κ3) is 5.42. The van der Waals surface area contributed by atoms with Crippen LogP contribution in [0.2, 0.25) is 0 Å². The molecule has 0 N–H and O–H groups in total. The van der Waals surface area contributed by atoms with E-state index in [2.05, 4.69) is 18.8 Å². The van der Waals surface area contributed by atoms with Crippen molar-refractivity contribution in [2.75, 3.05) is 43.9 Å². The maximum Gasteiger partial charge on any atom is 0.265 e. The summed E-state index contributed by atoms with van der Waals surface area (Å²) in [5.74, 6) is 2.08. The molecule has 0 spiro atoms. The molecule has 0 saturated carbocycles. The molecular formula is C24H32N2O5S. The van der Waals surface area contributed by atoms with E-state index in [1.807, 2.05) is 6.07 Å². The van der Waals surface area contributed by atoms with Crippen molar-refractivity contribution in [1.82, 2.24) is 4.98 Å². The van der Waals surface area contributed by atoms with Gasteiger partial charge in [0.2, 0.25) is 0 Å². The number of pyridine rings is 1. The fourth-order valence-corrected chi connectivity index (χ4v) is 5.28. The number of benzene rings is 1. The largest absolute Gasteiger partial charge is 0.493 e. The minimum absolute atomic E-state index is 0.165. The number of nitrogens with zero attached hydrogens (tertiary/aromatic N) is 2. The normalized spacial score (nSPS) is 17.8. The summed E-state index contributed by atoms with van der Waals surface area (Å²) in [5, 5.41) is 0. The fraction of sp³-hybridized carbons (Fsp3) is 0.542. The molecule has 8 heteroatoms. The molecule has 0 atom stereocenters. The molecule has 0 radical (unpaired) electrons. The summed E-state index contributed by atoms with van der Waals surface area (Å²) in [6, 6.07) is 10.4. The van der Waals surface area contributed by atoms with Gasteiger partial charge in [-0.3, -0.25) is 0 Å². The van der Waals surface area contributed by atoms with E-state index >= 15 is 0 Å². The molecule has 1 aromatic heterocycles. The van der Waals surface area contributed by atoms with Crippen molar-refractivity contribution in [2.24, 2.45) is 11.8 Å². The van der Waals surface area contributed by atoms with Crippen LogP contribution in [0.5, 0.6) is 5.75 Å². The number of aromatic nitrogens is 1. The zero-order chi connectivity index (χ0) is 22.6. The summed E-state index contributed by atoms with van der Waals surface area (Å²) in [6.07, 6.45) is 3.75. The number of sulfonamides is 1. The quantitative estimate of drug-likeness (QED) is 0.566. The summed E-state index contributed by atoms with van der Waals surface area (Å²) in [7, 11) is -3.77. The lowest BCUT2D eigenvalue weighted by Gasteiger charge is -2.32. The second-order valence-corrected chi connectivity index (χ2v) is 10.7. The van der Waals surface area contributed by atoms with E-state index in [9.17, 15) is 8.42 Å². The average Bonchev–Trinajstić information content (AvgIpc) is 2.78. The van der Waals surface area contributed by atoms with Crippen molar-refractivity contribution in [3.05, 3.63) is 48.2 Å². The summed E-state index contributed by atoms with van der Waals surface area (Å²) in [5.41, 5.74) is 1.07. The van der Waals surface area contributed by atoms with Crippen LogP contribution in [0.1, 0.15) is 38.2 Å². The Bertz CT molecular complexity index is 966. The van der Waals surface area contributed by atoms with Crippen LogP contribution in [-0.2, 0) is 19.5 Å². The molecule has 3 heterocycles. The first-order valence-corrected chi connectivity index (χ1v) is 12.7. The van der Waals surface area contributed by atoms with Crippen LogP contribution in [0.15, 0.2) is 47.5 Å². The Labute approximate surface area is 190 Å². The van der Waals surface area contributed by atoms with E-state index < -0.39 is 10.0 Å². The van der Waals surface area contributed by atoms with Gasteiger partial charge in [-0.25, -0.2) is 17.7 Å². The van der Waals surface area contributed by atoms with Crippen molar-refractivity contribution in [2.45, 2.75) is 37.5 Å². The molecule has 2 fully saturated rings. The van der Waals surface area contributed by atoms with Gasteiger partial charge in [0.1, 0.15) is 11.6 Å². The van der Waals surface area contributed by atoms with Gasteiger partial charge in [0, 0.05) is 31.9 Å². The molecule has 0 amide bonds. The average molecular weight is 461 g/mol. The minimum Gasteiger partial charge on any atom is -0.493 e. The van der Waals surface area contributed by atoms with E-state index in [0.29, 0.717) is 49.8 Å². The van der Waals surface area contributed by atoms with Gasteiger partial charge in [0.05, 0.1) is 24.7 Å². The molecule has 2 aliphatic heterocycles. The Balaban J connectivity index is 1.50. The van der Waals surface area contributed by atoms with Gasteiger partial charge in [-0.2, -0.15) is 0 Å². The first kappa shape index (κ1) is 23.0. The Morgan fingerprint density at radius 2 is 1.75 bits per heavy atom. The number of ether oxygens (including phenoxy) is 3. The van der Waals surface area contributed by atoms with Crippen molar-refractivity contribution in [3.8, 4) is 5.75 Å². The van der Waals surface area contributed by atoms with Crippen LogP contribution in [0.25, 0.3) is 0 Å². The molecule has 174 valence electrons. The highest BCUT2D eigenvalue weighted by molar-refractivity contribution is 7.92. The predicted octanol–water partition coefficient (Wildman–Crippen LogP) is 3.85. The highest BCUT2D eigenvalue weighted by Gasteiger charge is 2.31. The predicted molar refractivity (Wildman–Crippen MR) is 123 cm³/mol. The molecule has 4 rings (SSSR count). The van der Waals surface area contributed by atoms with Gasteiger partial charge in [-0.1, -0.05) is 19.9 Å². The molecule has 32 heavy (non-hydrogen) atoms. The molecule has 0 unspecified atom stereocenters. The Morgan fingerprint density at radius 1 is 1.03 bits per heavy atom. The first-order valence-electron chi connectivity index (χ1n) is 11.3. The minimum atomic E-state index is -3.77. The van der Waals surface area contributed by atoms with E-state index in [1.54, 1.807) is 36.5 Å². The highest BCUT2D eigenvalue weighted by atomic mass is 32.2. The van der Waals surface area contributed by atoms with Crippen LogP contribution in [0.3, 0.4) is 0 Å². The number of hydrogen-bond acceptors (Lipinski definition) is 6. The number of anilines is 1. The topological polar surface area (TPSA) is 78.0 Å². The summed E-state index contributed by atoms with van der Waals surface area (Å²) in [6.45, 7) is 7.82. The monoisotopic (exact) mass is 460 g/mol. The van der Waals surface area contributed by atoms with Gasteiger partial charge < -0.3 is 14.2 Å². The van der Waals surface area contributed by atoms with Gasteiger partial charge >= 0.3 is 0 Å². The highest BCUT2D eigenvalue weighted by Crippen LogP contribution is 2.28. The lowest BCUT2D eigenvalue weighted by Crippen LogP contribution is -2.42. The molecule has 0 aliphatic carbocycles. The maximum atomic E-state index is 13.5. The van der Waals surface area contributed by atoms with E-state index in [1.165, 1.54) is 4.31 Å². The van der Waals surface area contributed by atoms with Crippen molar-refractivity contribution >= 4 is 15.8 Å². The molecule has 2 aliphatic rings. The molecule has 1 aromatic carbocycles. The Hall–Kier alpha value is -2.16. The molecular weight excluding hydrogens is 428 g/mol. The molecule has 2 aromatic rings. The third-order valence-corrected chi connectivity index (χ3v) is 7.85. The van der Waals surface area contributed by atoms with Gasteiger partial charge in [-0.05, 0) is 60.6 Å². The van der Waals surface area contributed by atoms with E-state index in [4.69, 9.17) is 14.2 Å². The summed E-state index contributed by atoms with van der Waals surface area (Å²) < 4.78 is 45.0. The van der Waals surface area contributed by atoms with E-state index in [0.717, 1.165) is 31.6 Å². The van der Waals surface area contributed by atoms with Crippen LogP contribution in [0, 0.1) is 11.8 Å². The lowest BCUT2D eigenvalue weighted by atomic mass is 10.0. The van der Waals surface area contributed by atoms with Gasteiger partial charge in [-0.15, -0.1) is 0 Å². The lowest BCUT2D eigenvalue weighted by molar-refractivity contribution is -0.0263. The Morgan fingerprint density at radius 3 is 2.31 bits per heavy atom. The van der Waals surface area contributed by atoms with Crippen molar-refractivity contribution in [3.63, 3.8) is 0 Å². The third-order valence-electron chi connectivity index (χ3n) is 6.06. The second-order valence-electron chi connectivity index (χ2n) is 8.88. The maximum absolute atomic E-state index is 13.5. The number of hydrogen-bond donors (Lipinski definition) is 0. The zero-order valence-electron chi connectivity index (χ0n) is 18.8. The van der Waals surface area contributed by atoms with Crippen molar-refractivity contribution < 1.29 is 22.6 Å². The first-order chi connectivity index (χ1) is 15.4. The molecule has 7 nitrogen and oxygen atoms in total. The fourth-order valence-electron chi connectivity index (χ4n) is 3.79. The summed E-state index contributed by atoms with van der Waals surface area (Å²) in [4.78, 5) is 4.70. The SMILES string of the molecule is CC(C)c1ccc(N(CC2COC2)S(=O)(=O)c2ccc(OCC3CCOCC3)cc2)nc1. The smallest absolute Gasteiger partial charge is 0.265 e. The van der Waals surface area contributed by atoms with Crippen LogP contribution >= 0.6 is 0 Å². The second kappa shape index (κ2) is 10.2. The van der Waals surface area contributed by atoms with Crippen LogP contribution in [-0.4, -0.2) is 53.0 Å². The molecule has 2 saturated heterocycles. The van der Waals surface area contributed by atoms with Crippen LogP contribution < -0.4 is 9.04 Å². The number of rotatable bonds is 9. The summed E-state index contributed by atoms with van der Waals surface area (Å²) >= 11 is 0. The van der Waals surface area contributed by atoms with Gasteiger partial charge in [0.15, 0.2) is 0 Å². The van der Waals surface area contributed by atoms with Gasteiger partial charge in [0.25, 0.3) is 10.0 Å². The van der Waals surface area contributed by atoms with E-state index in [-0.39, 0.29) is 10.8 Å². The van der Waals surface area contributed by atoms with Crippen LogP contribution in [0.4, 0.5) is 5.82 Å². The zero-order valence-corrected chi connectivity index (χ0v) is 19.6. The Kier molecular flexibility index (Phi) is 7.33. The van der Waals surface area contributed by atoms with Crippen molar-refractivity contribution in [1.29, 1.82) is 0 Å². The standard InChI is InChI=1S/C24H32N2O5S/c1-18(2)21-3-8-24(25-13-21)26(14-20-15-30-16-20)32(27,28)23-6-4-22(5-7-23)31-17-19-9-11-29-12-10-19/h3-8,13,18-20H,9-12,14-17H2,1-2H3. The molecule has 0 bridgehead atoms.